The van der Waals surface area contributed by atoms with Gasteiger partial charge < -0.3 is 20.6 Å². The fraction of sp³-hybridized carbons (Fsp3) is 0.923. The van der Waals surface area contributed by atoms with Gasteiger partial charge in [-0.2, -0.15) is 0 Å². The number of nitrogens with one attached hydrogen (secondary N) is 1. The van der Waals surface area contributed by atoms with Gasteiger partial charge in [0.2, 0.25) is 0 Å². The van der Waals surface area contributed by atoms with E-state index in [1.54, 1.807) is 0 Å². The number of rotatable bonds is 4. The molecule has 5 nitrogen and oxygen atoms in total. The van der Waals surface area contributed by atoms with Gasteiger partial charge in [0, 0.05) is 19.8 Å². The second kappa shape index (κ2) is 29.9. The van der Waals surface area contributed by atoms with Gasteiger partial charge in [-0.25, -0.2) is 0 Å². The highest BCUT2D eigenvalue weighted by Crippen LogP contribution is 2.11. The first kappa shape index (κ1) is 26.0. The van der Waals surface area contributed by atoms with Crippen LogP contribution in [0.2, 0.25) is 0 Å². The van der Waals surface area contributed by atoms with Crippen molar-refractivity contribution in [2.45, 2.75) is 59.4 Å². The van der Waals surface area contributed by atoms with Crippen LogP contribution in [0.1, 0.15) is 53.4 Å². The third kappa shape index (κ3) is 24.5. The number of hydrogen-bond acceptors (Lipinski definition) is 4. The molecule has 1 atom stereocenters. The summed E-state index contributed by atoms with van der Waals surface area (Å²) in [5.41, 5.74) is 0. The molecule has 0 aromatic rings. The Kier molecular flexibility index (Phi) is 43.2. The van der Waals surface area contributed by atoms with E-state index in [0.29, 0.717) is 6.61 Å². The Morgan fingerprint density at radius 2 is 1.78 bits per heavy atom. The van der Waals surface area contributed by atoms with Gasteiger partial charge in [0.15, 0.2) is 0 Å². The zero-order valence-corrected chi connectivity index (χ0v) is 11.4. The standard InChI is InChI=1S/C8H17NO.C2H6.CH2O2.CH4O.CH4/c10-7-2-1-4-8-5-3-6-9-8;1-2;2-1-3;1-2;/h8-10H,1-7H2;1-2H3;1H,(H,2,3);2H,1H3;1H4. The lowest BCUT2D eigenvalue weighted by Crippen LogP contribution is -2.20. The van der Waals surface area contributed by atoms with Crippen LogP contribution in [-0.2, 0) is 4.79 Å². The minimum atomic E-state index is -0.250. The normalized spacial score (nSPS) is 15.5. The van der Waals surface area contributed by atoms with Gasteiger partial charge >= 0.3 is 0 Å². The molecule has 0 radical (unpaired) electrons. The lowest BCUT2D eigenvalue weighted by atomic mass is 10.1. The zero-order chi connectivity index (χ0) is 13.9. The number of carbonyl (C=O) groups is 1. The van der Waals surface area contributed by atoms with Crippen molar-refractivity contribution in [3.63, 3.8) is 0 Å². The van der Waals surface area contributed by atoms with Crippen molar-refractivity contribution < 1.29 is 20.1 Å². The molecule has 0 spiro atoms. The topological polar surface area (TPSA) is 89.8 Å². The number of carboxylic acid groups (broad SMARTS) is 1. The predicted octanol–water partition coefficient (Wildman–Crippen LogP) is 1.87. The summed E-state index contributed by atoms with van der Waals surface area (Å²) in [7, 11) is 1.00. The Labute approximate surface area is 112 Å². The van der Waals surface area contributed by atoms with Crippen LogP contribution in [0, 0.1) is 0 Å². The maximum atomic E-state index is 8.52. The fourth-order valence-corrected chi connectivity index (χ4v) is 1.51. The van der Waals surface area contributed by atoms with Crippen LogP contribution in [-0.4, -0.2) is 48.1 Å². The molecule has 1 aliphatic rings. The molecule has 4 N–H and O–H groups in total. The highest BCUT2D eigenvalue weighted by atomic mass is 16.3. The smallest absolute Gasteiger partial charge is 0.290 e. The van der Waals surface area contributed by atoms with Gasteiger partial charge in [-0.05, 0) is 38.6 Å². The molecule has 0 aromatic heterocycles. The van der Waals surface area contributed by atoms with E-state index in [0.717, 1.165) is 19.6 Å². The molecule has 0 bridgehead atoms. The van der Waals surface area contributed by atoms with Gasteiger partial charge in [0.05, 0.1) is 0 Å². The minimum absolute atomic E-state index is 0. The molecule has 1 rings (SSSR count). The molecule has 1 fully saturated rings. The van der Waals surface area contributed by atoms with Crippen molar-refractivity contribution in [3.05, 3.63) is 0 Å². The summed E-state index contributed by atoms with van der Waals surface area (Å²) in [5, 5.41) is 25.8. The second-order valence-electron chi connectivity index (χ2n) is 3.12. The first-order chi connectivity index (χ1) is 8.35. The van der Waals surface area contributed by atoms with Crippen molar-refractivity contribution >= 4 is 6.47 Å². The number of aliphatic hydroxyl groups excluding tert-OH is 2. The van der Waals surface area contributed by atoms with Gasteiger partial charge in [-0.3, -0.25) is 4.79 Å². The Hall–Kier alpha value is -0.650. The van der Waals surface area contributed by atoms with E-state index < -0.39 is 0 Å². The van der Waals surface area contributed by atoms with Crippen LogP contribution in [0.25, 0.3) is 0 Å². The van der Waals surface area contributed by atoms with Crippen molar-refractivity contribution in [3.8, 4) is 0 Å². The van der Waals surface area contributed by atoms with Crippen molar-refractivity contribution in [2.75, 3.05) is 20.3 Å². The molecule has 0 amide bonds. The fourth-order valence-electron chi connectivity index (χ4n) is 1.51. The Balaban J connectivity index is -0.000000106. The SMILES string of the molecule is C.CC.CO.O=CO.OCCCCC1CCCN1. The van der Waals surface area contributed by atoms with Crippen LogP contribution in [0.4, 0.5) is 0 Å². The summed E-state index contributed by atoms with van der Waals surface area (Å²) in [6, 6.07) is 0.756. The minimum Gasteiger partial charge on any atom is -0.483 e. The lowest BCUT2D eigenvalue weighted by molar-refractivity contribution is -0.122. The summed E-state index contributed by atoms with van der Waals surface area (Å²) in [6.45, 7) is 5.30. The molecule has 0 aliphatic carbocycles. The predicted molar refractivity (Wildman–Crippen MR) is 76.9 cm³/mol. The van der Waals surface area contributed by atoms with E-state index in [4.69, 9.17) is 20.1 Å². The van der Waals surface area contributed by atoms with Crippen LogP contribution >= 0.6 is 0 Å². The van der Waals surface area contributed by atoms with Gasteiger partial charge in [0.1, 0.15) is 0 Å². The van der Waals surface area contributed by atoms with Gasteiger partial charge in [-0.15, -0.1) is 0 Å². The molecular formula is C13H33NO4. The number of aliphatic hydroxyl groups is 2. The molecule has 1 aliphatic heterocycles. The maximum absolute atomic E-state index is 8.52. The van der Waals surface area contributed by atoms with E-state index >= 15 is 0 Å². The largest absolute Gasteiger partial charge is 0.483 e. The van der Waals surface area contributed by atoms with E-state index in [1.165, 1.54) is 32.2 Å². The number of unbranched alkanes of at least 4 members (excludes halogenated alkanes) is 1. The molecule has 5 heteroatoms. The van der Waals surface area contributed by atoms with Crippen molar-refractivity contribution in [1.82, 2.24) is 5.32 Å². The Bertz CT molecular complexity index is 118. The second-order valence-corrected chi connectivity index (χ2v) is 3.12. The van der Waals surface area contributed by atoms with Crippen LogP contribution < -0.4 is 5.32 Å². The zero-order valence-electron chi connectivity index (χ0n) is 11.4. The van der Waals surface area contributed by atoms with E-state index in [2.05, 4.69) is 5.32 Å². The van der Waals surface area contributed by atoms with Crippen molar-refractivity contribution in [2.24, 2.45) is 0 Å². The third-order valence-corrected chi connectivity index (χ3v) is 2.12. The van der Waals surface area contributed by atoms with Crippen molar-refractivity contribution in [1.29, 1.82) is 0 Å². The molecule has 0 aromatic carbocycles. The Morgan fingerprint density at radius 3 is 2.11 bits per heavy atom. The van der Waals surface area contributed by atoms with E-state index in [-0.39, 0.29) is 13.9 Å². The lowest BCUT2D eigenvalue weighted by Gasteiger charge is -2.07. The molecular weight excluding hydrogens is 234 g/mol. The maximum Gasteiger partial charge on any atom is 0.290 e. The highest BCUT2D eigenvalue weighted by Gasteiger charge is 2.12. The van der Waals surface area contributed by atoms with E-state index in [1.807, 2.05) is 13.8 Å². The number of hydrogen-bond donors (Lipinski definition) is 4. The molecule has 0 saturated carbocycles. The average Bonchev–Trinajstić information content (AvgIpc) is 2.89. The third-order valence-electron chi connectivity index (χ3n) is 2.12. The van der Waals surface area contributed by atoms with Crippen LogP contribution in [0.15, 0.2) is 0 Å². The Morgan fingerprint density at radius 1 is 1.28 bits per heavy atom. The monoisotopic (exact) mass is 267 g/mol. The first-order valence-electron chi connectivity index (χ1n) is 6.22. The van der Waals surface area contributed by atoms with Crippen LogP contribution in [0.5, 0.6) is 0 Å². The highest BCUT2D eigenvalue weighted by molar-refractivity contribution is 5.32. The van der Waals surface area contributed by atoms with E-state index in [9.17, 15) is 0 Å². The quantitative estimate of drug-likeness (QED) is 0.461. The summed E-state index contributed by atoms with van der Waals surface area (Å²) >= 11 is 0. The molecule has 1 heterocycles. The molecule has 1 saturated heterocycles. The molecule has 1 unspecified atom stereocenters. The van der Waals surface area contributed by atoms with Crippen LogP contribution in [0.3, 0.4) is 0 Å². The molecule has 114 valence electrons. The summed E-state index contributed by atoms with van der Waals surface area (Å²) in [4.78, 5) is 8.36. The van der Waals surface area contributed by atoms with Gasteiger partial charge in [0.25, 0.3) is 6.47 Å². The first-order valence-corrected chi connectivity index (χ1v) is 6.22. The molecule has 18 heavy (non-hydrogen) atoms. The summed E-state index contributed by atoms with van der Waals surface area (Å²) < 4.78 is 0. The summed E-state index contributed by atoms with van der Waals surface area (Å²) in [5.74, 6) is 0. The summed E-state index contributed by atoms with van der Waals surface area (Å²) in [6.07, 6.45) is 6.07. The van der Waals surface area contributed by atoms with Gasteiger partial charge in [-0.1, -0.05) is 21.3 Å². The average molecular weight is 267 g/mol.